The summed E-state index contributed by atoms with van der Waals surface area (Å²) in [4.78, 5) is 14.5. The Balaban J connectivity index is 2.38. The fourth-order valence-corrected chi connectivity index (χ4v) is 1.82. The van der Waals surface area contributed by atoms with Crippen molar-refractivity contribution in [2.45, 2.75) is 13.8 Å². The predicted octanol–water partition coefficient (Wildman–Crippen LogP) is 2.68. The maximum Gasteiger partial charge on any atom is 0.272 e. The number of nitrogens with two attached hydrogens (primary N) is 1. The number of benzene rings is 1. The third-order valence-corrected chi connectivity index (χ3v) is 2.87. The molecule has 0 aliphatic carbocycles. The minimum Gasteiger partial charge on any atom is -0.438 e. The lowest BCUT2D eigenvalue weighted by Crippen LogP contribution is -2.13. The molecule has 0 aliphatic heterocycles. The van der Waals surface area contributed by atoms with Crippen molar-refractivity contribution in [1.82, 2.24) is 4.98 Å². The maximum absolute atomic E-state index is 10.8. The van der Waals surface area contributed by atoms with Crippen LogP contribution in [0.5, 0.6) is 11.6 Å². The summed E-state index contributed by atoms with van der Waals surface area (Å²) in [5.74, 6) is 0.450. The molecule has 0 saturated carbocycles. The standard InChI is InChI=1S/C14H14N4O3/c1-8-7-10(4-6-12(8)18(19)20)21-14-11(13(15)16)5-3-9(2)17-14/h3-7H,1-2H3,(H3,15,16). The summed E-state index contributed by atoms with van der Waals surface area (Å²) in [6.45, 7) is 3.42. The fourth-order valence-electron chi connectivity index (χ4n) is 1.82. The zero-order valence-corrected chi connectivity index (χ0v) is 11.6. The van der Waals surface area contributed by atoms with Gasteiger partial charge >= 0.3 is 0 Å². The number of hydrogen-bond donors (Lipinski definition) is 2. The summed E-state index contributed by atoms with van der Waals surface area (Å²) < 4.78 is 5.61. The van der Waals surface area contributed by atoms with Crippen molar-refractivity contribution in [3.05, 3.63) is 57.3 Å². The van der Waals surface area contributed by atoms with E-state index in [4.69, 9.17) is 15.9 Å². The highest BCUT2D eigenvalue weighted by molar-refractivity contribution is 5.97. The molecular weight excluding hydrogens is 272 g/mol. The van der Waals surface area contributed by atoms with Gasteiger partial charge in [0.15, 0.2) is 0 Å². The van der Waals surface area contributed by atoms with E-state index in [-0.39, 0.29) is 17.4 Å². The molecule has 21 heavy (non-hydrogen) atoms. The first kappa shape index (κ1) is 14.4. The van der Waals surface area contributed by atoms with Gasteiger partial charge in [-0.25, -0.2) is 4.98 Å². The van der Waals surface area contributed by atoms with E-state index in [0.29, 0.717) is 22.6 Å². The van der Waals surface area contributed by atoms with Gasteiger partial charge in [0.1, 0.15) is 11.6 Å². The van der Waals surface area contributed by atoms with Gasteiger partial charge in [-0.1, -0.05) is 0 Å². The number of aryl methyl sites for hydroxylation is 2. The number of nitro benzene ring substituents is 1. The summed E-state index contributed by atoms with van der Waals surface area (Å²) in [6, 6.07) is 7.78. The highest BCUT2D eigenvalue weighted by Gasteiger charge is 2.14. The van der Waals surface area contributed by atoms with E-state index in [1.54, 1.807) is 32.0 Å². The third kappa shape index (κ3) is 3.14. The summed E-state index contributed by atoms with van der Waals surface area (Å²) in [5.41, 5.74) is 7.08. The summed E-state index contributed by atoms with van der Waals surface area (Å²) >= 11 is 0. The zero-order chi connectivity index (χ0) is 15.6. The molecule has 0 atom stereocenters. The number of nitrogens with zero attached hydrogens (tertiary/aromatic N) is 2. The van der Waals surface area contributed by atoms with Crippen LogP contribution < -0.4 is 10.5 Å². The van der Waals surface area contributed by atoms with Crippen molar-refractivity contribution >= 4 is 11.5 Å². The molecule has 0 unspecified atom stereocenters. The molecule has 7 heteroatoms. The average Bonchev–Trinajstić information content (AvgIpc) is 2.37. The molecule has 0 fully saturated rings. The number of rotatable bonds is 4. The normalized spacial score (nSPS) is 10.2. The molecule has 0 bridgehead atoms. The Morgan fingerprint density at radius 2 is 2.05 bits per heavy atom. The molecule has 0 spiro atoms. The van der Waals surface area contributed by atoms with Gasteiger partial charge in [-0.3, -0.25) is 15.5 Å². The van der Waals surface area contributed by atoms with E-state index in [1.165, 1.54) is 12.1 Å². The number of hydrogen-bond acceptors (Lipinski definition) is 5. The molecule has 1 aromatic heterocycles. The minimum absolute atomic E-state index is 0.0198. The van der Waals surface area contributed by atoms with Crippen LogP contribution in [0.15, 0.2) is 30.3 Å². The Hall–Kier alpha value is -2.96. The zero-order valence-electron chi connectivity index (χ0n) is 11.6. The lowest BCUT2D eigenvalue weighted by Gasteiger charge is -2.10. The Bertz CT molecular complexity index is 728. The molecule has 1 aromatic carbocycles. The third-order valence-electron chi connectivity index (χ3n) is 2.87. The molecule has 2 aromatic rings. The first-order valence-corrected chi connectivity index (χ1v) is 6.13. The molecule has 0 amide bonds. The molecule has 7 nitrogen and oxygen atoms in total. The summed E-state index contributed by atoms with van der Waals surface area (Å²) in [6.07, 6.45) is 0. The molecule has 3 N–H and O–H groups in total. The summed E-state index contributed by atoms with van der Waals surface area (Å²) in [7, 11) is 0. The number of aromatic nitrogens is 1. The lowest BCUT2D eigenvalue weighted by atomic mass is 10.2. The molecular formula is C14H14N4O3. The fraction of sp³-hybridized carbons (Fsp3) is 0.143. The topological polar surface area (TPSA) is 115 Å². The highest BCUT2D eigenvalue weighted by atomic mass is 16.6. The number of nitrogen functional groups attached to an aromatic ring is 1. The number of ether oxygens (including phenoxy) is 1. The highest BCUT2D eigenvalue weighted by Crippen LogP contribution is 2.28. The van der Waals surface area contributed by atoms with Crippen LogP contribution in [0.1, 0.15) is 16.8 Å². The Morgan fingerprint density at radius 3 is 2.62 bits per heavy atom. The second-order valence-electron chi connectivity index (χ2n) is 4.53. The second kappa shape index (κ2) is 5.58. The average molecular weight is 286 g/mol. The van der Waals surface area contributed by atoms with Crippen molar-refractivity contribution < 1.29 is 9.66 Å². The number of amidine groups is 1. The van der Waals surface area contributed by atoms with E-state index in [1.807, 2.05) is 0 Å². The number of nitro groups is 1. The van der Waals surface area contributed by atoms with Crippen LogP contribution in [-0.4, -0.2) is 15.7 Å². The van der Waals surface area contributed by atoms with Crippen molar-refractivity contribution in [3.63, 3.8) is 0 Å². The van der Waals surface area contributed by atoms with Crippen molar-refractivity contribution in [1.29, 1.82) is 5.41 Å². The molecule has 108 valence electrons. The number of pyridine rings is 1. The Morgan fingerprint density at radius 1 is 1.33 bits per heavy atom. The van der Waals surface area contributed by atoms with Crippen LogP contribution in [-0.2, 0) is 0 Å². The van der Waals surface area contributed by atoms with Gasteiger partial charge < -0.3 is 10.5 Å². The molecule has 1 heterocycles. The molecule has 0 saturated heterocycles. The minimum atomic E-state index is -0.453. The Labute approximate surface area is 121 Å². The van der Waals surface area contributed by atoms with Gasteiger partial charge in [0.25, 0.3) is 5.69 Å². The molecule has 0 aliphatic rings. The van der Waals surface area contributed by atoms with Crippen molar-refractivity contribution in [2.75, 3.05) is 0 Å². The van der Waals surface area contributed by atoms with Gasteiger partial charge in [-0.15, -0.1) is 0 Å². The van der Waals surface area contributed by atoms with Crippen molar-refractivity contribution in [2.24, 2.45) is 5.73 Å². The van der Waals surface area contributed by atoms with E-state index >= 15 is 0 Å². The van der Waals surface area contributed by atoms with Crippen LogP contribution in [0.25, 0.3) is 0 Å². The summed E-state index contributed by atoms with van der Waals surface area (Å²) in [5, 5.41) is 18.3. The van der Waals surface area contributed by atoms with E-state index < -0.39 is 4.92 Å². The Kier molecular flexibility index (Phi) is 3.84. The first-order chi connectivity index (χ1) is 9.88. The van der Waals surface area contributed by atoms with E-state index in [0.717, 1.165) is 0 Å². The largest absolute Gasteiger partial charge is 0.438 e. The van der Waals surface area contributed by atoms with Gasteiger partial charge in [0.05, 0.1) is 10.5 Å². The maximum atomic E-state index is 10.8. The lowest BCUT2D eigenvalue weighted by molar-refractivity contribution is -0.385. The van der Waals surface area contributed by atoms with E-state index in [2.05, 4.69) is 4.98 Å². The van der Waals surface area contributed by atoms with Gasteiger partial charge in [0.2, 0.25) is 5.88 Å². The molecule has 2 rings (SSSR count). The first-order valence-electron chi connectivity index (χ1n) is 6.13. The predicted molar refractivity (Wildman–Crippen MR) is 77.9 cm³/mol. The van der Waals surface area contributed by atoms with Crippen LogP contribution in [0, 0.1) is 29.4 Å². The second-order valence-corrected chi connectivity index (χ2v) is 4.53. The SMILES string of the molecule is Cc1ccc(C(=N)N)c(Oc2ccc([N+](=O)[O-])c(C)c2)n1. The van der Waals surface area contributed by atoms with Crippen LogP contribution >= 0.6 is 0 Å². The van der Waals surface area contributed by atoms with E-state index in [9.17, 15) is 10.1 Å². The van der Waals surface area contributed by atoms with Crippen LogP contribution in [0.4, 0.5) is 5.69 Å². The van der Waals surface area contributed by atoms with Gasteiger partial charge in [-0.05, 0) is 38.1 Å². The van der Waals surface area contributed by atoms with Gasteiger partial charge in [-0.2, -0.15) is 0 Å². The number of nitrogens with one attached hydrogen (secondary N) is 1. The van der Waals surface area contributed by atoms with Gasteiger partial charge in [0, 0.05) is 17.3 Å². The monoisotopic (exact) mass is 286 g/mol. The van der Waals surface area contributed by atoms with Crippen LogP contribution in [0.3, 0.4) is 0 Å². The van der Waals surface area contributed by atoms with Crippen molar-refractivity contribution in [3.8, 4) is 11.6 Å². The smallest absolute Gasteiger partial charge is 0.272 e. The quantitative estimate of drug-likeness (QED) is 0.388. The molecule has 0 radical (unpaired) electrons. The van der Waals surface area contributed by atoms with Crippen LogP contribution in [0.2, 0.25) is 0 Å².